The van der Waals surface area contributed by atoms with E-state index in [1.807, 2.05) is 48.2 Å². The lowest BCUT2D eigenvalue weighted by atomic mass is 10.1. The van der Waals surface area contributed by atoms with E-state index in [1.54, 1.807) is 0 Å². The zero-order valence-electron chi connectivity index (χ0n) is 13.2. The Labute approximate surface area is 131 Å². The number of nitrogens with one attached hydrogen (secondary N) is 1. The molecular formula is C17H23N3O2. The van der Waals surface area contributed by atoms with E-state index in [4.69, 9.17) is 0 Å². The molecule has 0 bridgehead atoms. The first-order chi connectivity index (χ1) is 10.5. The van der Waals surface area contributed by atoms with Crippen molar-refractivity contribution < 1.29 is 9.59 Å². The molecule has 1 saturated heterocycles. The highest BCUT2D eigenvalue weighted by Crippen LogP contribution is 2.32. The summed E-state index contributed by atoms with van der Waals surface area (Å²) in [5.41, 5.74) is 1.73. The van der Waals surface area contributed by atoms with E-state index in [2.05, 4.69) is 5.32 Å². The van der Waals surface area contributed by atoms with Gasteiger partial charge in [-0.25, -0.2) is 0 Å². The number of rotatable bonds is 5. The second-order valence-electron chi connectivity index (χ2n) is 6.50. The Hall–Kier alpha value is -2.04. The van der Waals surface area contributed by atoms with E-state index in [-0.39, 0.29) is 17.7 Å². The van der Waals surface area contributed by atoms with Crippen LogP contribution in [0.15, 0.2) is 24.3 Å². The molecule has 5 nitrogen and oxygen atoms in total. The lowest BCUT2D eigenvalue weighted by Gasteiger charge is -2.16. The van der Waals surface area contributed by atoms with Crippen LogP contribution in [0.1, 0.15) is 29.6 Å². The molecule has 0 aromatic heterocycles. The first kappa shape index (κ1) is 14.9. The van der Waals surface area contributed by atoms with Gasteiger partial charge in [-0.1, -0.05) is 0 Å². The zero-order valence-corrected chi connectivity index (χ0v) is 13.2. The van der Waals surface area contributed by atoms with E-state index in [0.29, 0.717) is 24.6 Å². The number of hydrogen-bond acceptors (Lipinski definition) is 3. The highest BCUT2D eigenvalue weighted by Gasteiger charge is 2.39. The number of nitrogens with zero attached hydrogens (tertiary/aromatic N) is 2. The molecule has 1 atom stereocenters. The number of amides is 2. The van der Waals surface area contributed by atoms with E-state index < -0.39 is 0 Å². The van der Waals surface area contributed by atoms with Crippen molar-refractivity contribution in [2.45, 2.75) is 25.3 Å². The predicted octanol–water partition coefficient (Wildman–Crippen LogP) is 1.49. The summed E-state index contributed by atoms with van der Waals surface area (Å²) in [6.07, 6.45) is 2.85. The Morgan fingerprint density at radius 1 is 1.27 bits per heavy atom. The van der Waals surface area contributed by atoms with Crippen molar-refractivity contribution in [2.24, 2.45) is 5.92 Å². The fourth-order valence-electron chi connectivity index (χ4n) is 2.93. The quantitative estimate of drug-likeness (QED) is 0.896. The minimum absolute atomic E-state index is 0.0670. The molecule has 0 spiro atoms. The van der Waals surface area contributed by atoms with Gasteiger partial charge in [0.25, 0.3) is 5.91 Å². The second-order valence-corrected chi connectivity index (χ2v) is 6.50. The maximum absolute atomic E-state index is 12.2. The van der Waals surface area contributed by atoms with Crippen LogP contribution in [0.4, 0.5) is 5.69 Å². The zero-order chi connectivity index (χ0) is 15.7. The number of hydrogen-bond donors (Lipinski definition) is 1. The summed E-state index contributed by atoms with van der Waals surface area (Å²) in [5, 5.41) is 2.96. The van der Waals surface area contributed by atoms with Gasteiger partial charge in [0.2, 0.25) is 5.91 Å². The molecule has 1 aromatic carbocycles. The fourth-order valence-corrected chi connectivity index (χ4v) is 2.93. The lowest BCUT2D eigenvalue weighted by molar-refractivity contribution is -0.128. The lowest BCUT2D eigenvalue weighted by Crippen LogP contribution is -2.32. The maximum Gasteiger partial charge on any atom is 0.251 e. The molecule has 0 radical (unpaired) electrons. The van der Waals surface area contributed by atoms with E-state index in [9.17, 15) is 9.59 Å². The van der Waals surface area contributed by atoms with Gasteiger partial charge in [0.05, 0.1) is 0 Å². The van der Waals surface area contributed by atoms with E-state index in [0.717, 1.165) is 25.1 Å². The van der Waals surface area contributed by atoms with Crippen molar-refractivity contribution in [1.82, 2.24) is 10.2 Å². The standard InChI is InChI=1S/C17H23N3O2/c1-19(2)14-5-3-13(4-6-14)17(22)18-10-12-9-16(21)20(11-12)15-7-8-15/h3-6,12,15H,7-11H2,1-2H3,(H,18,22). The Morgan fingerprint density at radius 3 is 2.55 bits per heavy atom. The second kappa shape index (κ2) is 5.99. The normalized spacial score (nSPS) is 21.1. The van der Waals surface area contributed by atoms with Gasteiger partial charge in [-0.15, -0.1) is 0 Å². The number of carbonyl (C=O) groups excluding carboxylic acids is 2. The van der Waals surface area contributed by atoms with Gasteiger partial charge in [-0.3, -0.25) is 9.59 Å². The molecule has 1 aliphatic carbocycles. The smallest absolute Gasteiger partial charge is 0.251 e. The number of anilines is 1. The molecule has 1 aromatic rings. The maximum atomic E-state index is 12.2. The molecule has 2 fully saturated rings. The van der Waals surface area contributed by atoms with Crippen molar-refractivity contribution in [2.75, 3.05) is 32.1 Å². The van der Waals surface area contributed by atoms with Crippen molar-refractivity contribution in [3.63, 3.8) is 0 Å². The minimum Gasteiger partial charge on any atom is -0.378 e. The molecule has 3 rings (SSSR count). The average Bonchev–Trinajstić information content (AvgIpc) is 3.28. The summed E-state index contributed by atoms with van der Waals surface area (Å²) >= 11 is 0. The van der Waals surface area contributed by atoms with Gasteiger partial charge in [0.15, 0.2) is 0 Å². The summed E-state index contributed by atoms with van der Waals surface area (Å²) < 4.78 is 0. The van der Waals surface area contributed by atoms with Gasteiger partial charge in [0, 0.05) is 56.8 Å². The van der Waals surface area contributed by atoms with Crippen LogP contribution in [0.2, 0.25) is 0 Å². The van der Waals surface area contributed by atoms with Crippen LogP contribution >= 0.6 is 0 Å². The number of likely N-dealkylation sites (tertiary alicyclic amines) is 1. The minimum atomic E-state index is -0.0670. The van der Waals surface area contributed by atoms with Gasteiger partial charge in [-0.2, -0.15) is 0 Å². The van der Waals surface area contributed by atoms with Crippen LogP contribution in [-0.4, -0.2) is 49.9 Å². The third-order valence-electron chi connectivity index (χ3n) is 4.42. The largest absolute Gasteiger partial charge is 0.378 e. The average molecular weight is 301 g/mol. The predicted molar refractivity (Wildman–Crippen MR) is 85.9 cm³/mol. The molecule has 1 aliphatic heterocycles. The van der Waals surface area contributed by atoms with Crippen molar-refractivity contribution in [1.29, 1.82) is 0 Å². The fraction of sp³-hybridized carbons (Fsp3) is 0.529. The van der Waals surface area contributed by atoms with Crippen molar-refractivity contribution in [3.8, 4) is 0 Å². The van der Waals surface area contributed by atoms with Crippen LogP contribution in [0.25, 0.3) is 0 Å². The molecule has 22 heavy (non-hydrogen) atoms. The van der Waals surface area contributed by atoms with Crippen molar-refractivity contribution in [3.05, 3.63) is 29.8 Å². The Bertz CT molecular complexity index is 564. The Kier molecular flexibility index (Phi) is 4.05. The van der Waals surface area contributed by atoms with Crippen LogP contribution in [0.3, 0.4) is 0 Å². The Balaban J connectivity index is 1.51. The molecule has 2 amide bonds. The molecular weight excluding hydrogens is 278 g/mol. The van der Waals surface area contributed by atoms with Crippen molar-refractivity contribution >= 4 is 17.5 Å². The van der Waals surface area contributed by atoms with Crippen LogP contribution in [0, 0.1) is 5.92 Å². The van der Waals surface area contributed by atoms with Gasteiger partial charge >= 0.3 is 0 Å². The van der Waals surface area contributed by atoms with Crippen LogP contribution in [0.5, 0.6) is 0 Å². The molecule has 5 heteroatoms. The van der Waals surface area contributed by atoms with E-state index >= 15 is 0 Å². The monoisotopic (exact) mass is 301 g/mol. The third kappa shape index (κ3) is 3.24. The molecule has 1 saturated carbocycles. The summed E-state index contributed by atoms with van der Waals surface area (Å²) in [5.74, 6) is 0.429. The summed E-state index contributed by atoms with van der Waals surface area (Å²) in [4.78, 5) is 28.0. The summed E-state index contributed by atoms with van der Waals surface area (Å²) in [6.45, 7) is 1.37. The van der Waals surface area contributed by atoms with Gasteiger partial charge in [-0.05, 0) is 37.1 Å². The molecule has 1 heterocycles. The first-order valence-corrected chi connectivity index (χ1v) is 7.89. The number of carbonyl (C=O) groups is 2. The highest BCUT2D eigenvalue weighted by molar-refractivity contribution is 5.94. The SMILES string of the molecule is CN(C)c1ccc(C(=O)NCC2CC(=O)N(C3CC3)C2)cc1. The Morgan fingerprint density at radius 2 is 1.95 bits per heavy atom. The first-order valence-electron chi connectivity index (χ1n) is 7.89. The third-order valence-corrected chi connectivity index (χ3v) is 4.42. The molecule has 1 unspecified atom stereocenters. The van der Waals surface area contributed by atoms with E-state index in [1.165, 1.54) is 0 Å². The summed E-state index contributed by atoms with van der Waals surface area (Å²) in [6, 6.07) is 8.01. The molecule has 2 aliphatic rings. The topological polar surface area (TPSA) is 52.7 Å². The van der Waals surface area contributed by atoms with Gasteiger partial charge in [0.1, 0.15) is 0 Å². The summed E-state index contributed by atoms with van der Waals surface area (Å²) in [7, 11) is 3.94. The molecule has 1 N–H and O–H groups in total. The van der Waals surface area contributed by atoms with Crippen LogP contribution < -0.4 is 10.2 Å². The van der Waals surface area contributed by atoms with Crippen LogP contribution in [-0.2, 0) is 4.79 Å². The van der Waals surface area contributed by atoms with Gasteiger partial charge < -0.3 is 15.1 Å². The molecule has 118 valence electrons. The highest BCUT2D eigenvalue weighted by atomic mass is 16.2. The number of benzene rings is 1.